The van der Waals surface area contributed by atoms with Gasteiger partial charge >= 0.3 is 5.97 Å². The first-order valence-electron chi connectivity index (χ1n) is 8.26. The lowest BCUT2D eigenvalue weighted by atomic mass is 9.98. The minimum Gasteiger partial charge on any atom is -0.464 e. The second kappa shape index (κ2) is 11.5. The molecule has 5 heteroatoms. The maximum Gasteiger partial charge on any atom is 0.325 e. The highest BCUT2D eigenvalue weighted by Crippen LogP contribution is 2.20. The van der Waals surface area contributed by atoms with Crippen LogP contribution in [0.3, 0.4) is 0 Å². The summed E-state index contributed by atoms with van der Waals surface area (Å²) in [5.74, 6) is -0.482. The standard InChI is InChI=1S/C16H29NO4/c1-2-3-11-21-16(19)13-17-15(18)10-7-12-20-14-8-5-4-6-9-14/h14H,2-13H2,1H3,(H,17,18). The number of ether oxygens (including phenoxy) is 2. The van der Waals surface area contributed by atoms with E-state index in [1.54, 1.807) is 0 Å². The highest BCUT2D eigenvalue weighted by atomic mass is 16.5. The summed E-state index contributed by atoms with van der Waals surface area (Å²) in [6.07, 6.45) is 9.45. The van der Waals surface area contributed by atoms with Crippen molar-refractivity contribution in [3.63, 3.8) is 0 Å². The van der Waals surface area contributed by atoms with Crippen molar-refractivity contribution in [2.45, 2.75) is 70.8 Å². The Bertz CT molecular complexity index is 301. The molecule has 0 aliphatic heterocycles. The van der Waals surface area contributed by atoms with Gasteiger partial charge in [-0.15, -0.1) is 0 Å². The molecule has 1 aliphatic carbocycles. The van der Waals surface area contributed by atoms with Crippen LogP contribution in [0.25, 0.3) is 0 Å². The van der Waals surface area contributed by atoms with E-state index in [-0.39, 0.29) is 18.4 Å². The molecule has 0 radical (unpaired) electrons. The minimum absolute atomic E-state index is 0.0357. The number of rotatable bonds is 10. The van der Waals surface area contributed by atoms with Gasteiger partial charge in [0.25, 0.3) is 0 Å². The molecule has 0 unspecified atom stereocenters. The smallest absolute Gasteiger partial charge is 0.325 e. The second-order valence-electron chi connectivity index (χ2n) is 5.59. The quantitative estimate of drug-likeness (QED) is 0.497. The zero-order valence-corrected chi connectivity index (χ0v) is 13.2. The van der Waals surface area contributed by atoms with Gasteiger partial charge in [0.05, 0.1) is 12.7 Å². The Balaban J connectivity index is 1.94. The Morgan fingerprint density at radius 1 is 1.10 bits per heavy atom. The Morgan fingerprint density at radius 3 is 2.57 bits per heavy atom. The molecule has 0 atom stereocenters. The van der Waals surface area contributed by atoms with Crippen molar-refractivity contribution in [2.24, 2.45) is 0 Å². The zero-order chi connectivity index (χ0) is 15.3. The average Bonchev–Trinajstić information content (AvgIpc) is 2.51. The molecule has 0 saturated heterocycles. The molecule has 1 amide bonds. The molecule has 21 heavy (non-hydrogen) atoms. The third kappa shape index (κ3) is 9.45. The maximum atomic E-state index is 11.6. The van der Waals surface area contributed by atoms with Gasteiger partial charge < -0.3 is 14.8 Å². The van der Waals surface area contributed by atoms with Gasteiger partial charge in [0.15, 0.2) is 0 Å². The summed E-state index contributed by atoms with van der Waals surface area (Å²) in [4.78, 5) is 22.9. The summed E-state index contributed by atoms with van der Waals surface area (Å²) in [5.41, 5.74) is 0. The number of unbranched alkanes of at least 4 members (excludes halogenated alkanes) is 1. The van der Waals surface area contributed by atoms with E-state index in [9.17, 15) is 9.59 Å². The molecule has 1 saturated carbocycles. The number of nitrogens with one attached hydrogen (secondary N) is 1. The number of carbonyl (C=O) groups is 2. The van der Waals surface area contributed by atoms with Crippen LogP contribution in [0.15, 0.2) is 0 Å². The number of carbonyl (C=O) groups excluding carboxylic acids is 2. The molecular weight excluding hydrogens is 270 g/mol. The van der Waals surface area contributed by atoms with E-state index in [4.69, 9.17) is 9.47 Å². The van der Waals surface area contributed by atoms with Crippen LogP contribution in [0.4, 0.5) is 0 Å². The molecule has 122 valence electrons. The Labute approximate surface area is 127 Å². The average molecular weight is 299 g/mol. The molecule has 1 N–H and O–H groups in total. The highest BCUT2D eigenvalue weighted by molar-refractivity contribution is 5.81. The van der Waals surface area contributed by atoms with Gasteiger partial charge in [-0.2, -0.15) is 0 Å². The topological polar surface area (TPSA) is 64.6 Å². The molecule has 0 bridgehead atoms. The first-order chi connectivity index (χ1) is 10.2. The fraction of sp³-hybridized carbons (Fsp3) is 0.875. The lowest BCUT2D eigenvalue weighted by molar-refractivity contribution is -0.144. The molecule has 5 nitrogen and oxygen atoms in total. The van der Waals surface area contributed by atoms with Gasteiger partial charge in [-0.3, -0.25) is 9.59 Å². The maximum absolute atomic E-state index is 11.6. The lowest BCUT2D eigenvalue weighted by Crippen LogP contribution is -2.30. The summed E-state index contributed by atoms with van der Waals surface area (Å²) in [6.45, 7) is 3.05. The van der Waals surface area contributed by atoms with Crippen LogP contribution in [-0.4, -0.2) is 37.7 Å². The Kier molecular flexibility index (Phi) is 9.87. The van der Waals surface area contributed by atoms with Crippen LogP contribution in [-0.2, 0) is 19.1 Å². The van der Waals surface area contributed by atoms with Crippen LogP contribution >= 0.6 is 0 Å². The third-order valence-corrected chi connectivity index (χ3v) is 3.64. The van der Waals surface area contributed by atoms with Gasteiger partial charge in [-0.25, -0.2) is 0 Å². The number of hydrogen-bond acceptors (Lipinski definition) is 4. The van der Waals surface area contributed by atoms with Crippen molar-refractivity contribution >= 4 is 11.9 Å². The van der Waals surface area contributed by atoms with E-state index < -0.39 is 0 Å². The SMILES string of the molecule is CCCCOC(=O)CNC(=O)CCCOC1CCCCC1. The first kappa shape index (κ1) is 18.0. The van der Waals surface area contributed by atoms with Crippen LogP contribution in [0.5, 0.6) is 0 Å². The predicted octanol–water partition coefficient (Wildman–Crippen LogP) is 2.58. The molecule has 0 aromatic rings. The molecular formula is C16H29NO4. The molecule has 1 rings (SSSR count). The summed E-state index contributed by atoms with van der Waals surface area (Å²) in [7, 11) is 0. The van der Waals surface area contributed by atoms with E-state index in [1.165, 1.54) is 19.3 Å². The summed E-state index contributed by atoms with van der Waals surface area (Å²) in [5, 5.41) is 2.58. The van der Waals surface area contributed by atoms with Gasteiger partial charge in [0, 0.05) is 13.0 Å². The fourth-order valence-electron chi connectivity index (χ4n) is 2.36. The van der Waals surface area contributed by atoms with E-state index in [0.29, 0.717) is 32.2 Å². The first-order valence-corrected chi connectivity index (χ1v) is 8.26. The van der Waals surface area contributed by atoms with Gasteiger partial charge in [0.2, 0.25) is 5.91 Å². The summed E-state index contributed by atoms with van der Waals surface area (Å²) in [6, 6.07) is 0. The summed E-state index contributed by atoms with van der Waals surface area (Å²) < 4.78 is 10.7. The van der Waals surface area contributed by atoms with E-state index in [1.807, 2.05) is 6.92 Å². The van der Waals surface area contributed by atoms with E-state index in [0.717, 1.165) is 25.7 Å². The van der Waals surface area contributed by atoms with E-state index in [2.05, 4.69) is 5.32 Å². The Morgan fingerprint density at radius 2 is 1.86 bits per heavy atom. The molecule has 1 fully saturated rings. The van der Waals surface area contributed by atoms with Crippen LogP contribution < -0.4 is 5.32 Å². The van der Waals surface area contributed by atoms with Crippen molar-refractivity contribution in [1.29, 1.82) is 0 Å². The number of esters is 1. The van der Waals surface area contributed by atoms with Gasteiger partial charge in [-0.05, 0) is 25.7 Å². The third-order valence-electron chi connectivity index (χ3n) is 3.64. The predicted molar refractivity (Wildman–Crippen MR) is 80.9 cm³/mol. The van der Waals surface area contributed by atoms with Crippen LogP contribution in [0.2, 0.25) is 0 Å². The van der Waals surface area contributed by atoms with Crippen molar-refractivity contribution in [3.8, 4) is 0 Å². The molecule has 0 aromatic carbocycles. The largest absolute Gasteiger partial charge is 0.464 e. The monoisotopic (exact) mass is 299 g/mol. The highest BCUT2D eigenvalue weighted by Gasteiger charge is 2.13. The molecule has 0 heterocycles. The number of amides is 1. The van der Waals surface area contributed by atoms with E-state index >= 15 is 0 Å². The van der Waals surface area contributed by atoms with Crippen molar-refractivity contribution in [1.82, 2.24) is 5.32 Å². The normalized spacial score (nSPS) is 15.7. The second-order valence-corrected chi connectivity index (χ2v) is 5.59. The molecule has 0 spiro atoms. The zero-order valence-electron chi connectivity index (χ0n) is 13.2. The van der Waals surface area contributed by atoms with Crippen LogP contribution in [0, 0.1) is 0 Å². The number of hydrogen-bond donors (Lipinski definition) is 1. The Hall–Kier alpha value is -1.10. The molecule has 0 aromatic heterocycles. The molecule has 1 aliphatic rings. The van der Waals surface area contributed by atoms with Gasteiger partial charge in [0.1, 0.15) is 6.54 Å². The van der Waals surface area contributed by atoms with Crippen molar-refractivity contribution in [3.05, 3.63) is 0 Å². The van der Waals surface area contributed by atoms with Crippen LogP contribution in [0.1, 0.15) is 64.7 Å². The van der Waals surface area contributed by atoms with Gasteiger partial charge in [-0.1, -0.05) is 32.6 Å². The lowest BCUT2D eigenvalue weighted by Gasteiger charge is -2.21. The van der Waals surface area contributed by atoms with Crippen molar-refractivity contribution < 1.29 is 19.1 Å². The van der Waals surface area contributed by atoms with Crippen molar-refractivity contribution in [2.75, 3.05) is 19.8 Å². The minimum atomic E-state index is -0.366. The summed E-state index contributed by atoms with van der Waals surface area (Å²) >= 11 is 0. The fourth-order valence-corrected chi connectivity index (χ4v) is 2.36.